The highest BCUT2D eigenvalue weighted by Crippen LogP contribution is 2.24. The van der Waals surface area contributed by atoms with Crippen molar-refractivity contribution >= 4 is 22.2 Å². The fourth-order valence-corrected chi connectivity index (χ4v) is 3.18. The minimum absolute atomic E-state index is 0.0761. The molecule has 0 aliphatic rings. The molecule has 2 aromatic heterocycles. The first-order valence-corrected chi connectivity index (χ1v) is 7.74. The molecule has 0 saturated heterocycles. The van der Waals surface area contributed by atoms with Crippen molar-refractivity contribution in [3.63, 3.8) is 0 Å². The first kappa shape index (κ1) is 14.0. The summed E-state index contributed by atoms with van der Waals surface area (Å²) >= 11 is 1.74. The van der Waals surface area contributed by atoms with Gasteiger partial charge in [0.2, 0.25) is 0 Å². The van der Waals surface area contributed by atoms with Crippen LogP contribution in [0, 0.1) is 0 Å². The zero-order valence-corrected chi connectivity index (χ0v) is 12.9. The van der Waals surface area contributed by atoms with Gasteiger partial charge in [0.1, 0.15) is 5.82 Å². The molecule has 5 heteroatoms. The molecule has 0 aliphatic carbocycles. The van der Waals surface area contributed by atoms with Crippen LogP contribution < -0.4 is 5.56 Å². The highest BCUT2D eigenvalue weighted by atomic mass is 32.1. The van der Waals surface area contributed by atoms with Gasteiger partial charge in [-0.1, -0.05) is 18.2 Å². The quantitative estimate of drug-likeness (QED) is 0.805. The normalized spacial score (nSPS) is 12.9. The van der Waals surface area contributed by atoms with Gasteiger partial charge in [0.05, 0.1) is 17.4 Å². The van der Waals surface area contributed by atoms with Gasteiger partial charge in [-0.3, -0.25) is 9.69 Å². The van der Waals surface area contributed by atoms with Crippen molar-refractivity contribution in [1.29, 1.82) is 0 Å². The van der Waals surface area contributed by atoms with Crippen LogP contribution in [0.5, 0.6) is 0 Å². The second kappa shape index (κ2) is 5.79. The number of fused-ring (bicyclic) bond motifs is 1. The number of H-pyrrole nitrogens is 1. The van der Waals surface area contributed by atoms with E-state index in [0.29, 0.717) is 23.8 Å². The lowest BCUT2D eigenvalue weighted by Crippen LogP contribution is -2.24. The molecule has 0 saturated carbocycles. The molecule has 1 aromatic carbocycles. The van der Waals surface area contributed by atoms with Gasteiger partial charge in [-0.15, -0.1) is 11.3 Å². The molecule has 21 heavy (non-hydrogen) atoms. The summed E-state index contributed by atoms with van der Waals surface area (Å²) in [7, 11) is 2.04. The molecule has 108 valence electrons. The molecule has 0 radical (unpaired) electrons. The smallest absolute Gasteiger partial charge is 0.258 e. The molecule has 0 fully saturated rings. The maximum atomic E-state index is 12.1. The van der Waals surface area contributed by atoms with Crippen LogP contribution in [-0.2, 0) is 6.54 Å². The fraction of sp³-hybridized carbons (Fsp3) is 0.250. The Morgan fingerprint density at radius 1 is 1.29 bits per heavy atom. The lowest BCUT2D eigenvalue weighted by molar-refractivity contribution is 0.250. The van der Waals surface area contributed by atoms with Crippen LogP contribution in [0.1, 0.15) is 23.7 Å². The van der Waals surface area contributed by atoms with Crippen LogP contribution in [0.3, 0.4) is 0 Å². The Morgan fingerprint density at radius 3 is 2.86 bits per heavy atom. The largest absolute Gasteiger partial charge is 0.309 e. The van der Waals surface area contributed by atoms with E-state index in [9.17, 15) is 4.79 Å². The third kappa shape index (κ3) is 2.89. The molecule has 1 atom stereocenters. The first-order valence-electron chi connectivity index (χ1n) is 6.87. The van der Waals surface area contributed by atoms with Crippen LogP contribution >= 0.6 is 11.3 Å². The number of rotatable bonds is 4. The van der Waals surface area contributed by atoms with Gasteiger partial charge in [-0.25, -0.2) is 4.98 Å². The maximum Gasteiger partial charge on any atom is 0.258 e. The van der Waals surface area contributed by atoms with Gasteiger partial charge in [-0.05, 0) is 37.6 Å². The van der Waals surface area contributed by atoms with E-state index in [-0.39, 0.29) is 5.56 Å². The number of para-hydroxylation sites is 1. The van der Waals surface area contributed by atoms with E-state index in [4.69, 9.17) is 0 Å². The minimum atomic E-state index is -0.0761. The van der Waals surface area contributed by atoms with Crippen molar-refractivity contribution in [3.05, 3.63) is 62.8 Å². The Balaban J connectivity index is 1.86. The standard InChI is InChI=1S/C16H17N3OS/c1-11(14-8-5-9-21-14)19(2)10-15-17-13-7-4-3-6-12(13)16(20)18-15/h3-9,11H,10H2,1-2H3,(H,17,18,20)/t11-/m1/s1. The van der Waals surface area contributed by atoms with Crippen LogP contribution in [0.2, 0.25) is 0 Å². The molecule has 2 heterocycles. The molecule has 3 rings (SSSR count). The van der Waals surface area contributed by atoms with Crippen molar-refractivity contribution in [3.8, 4) is 0 Å². The minimum Gasteiger partial charge on any atom is -0.309 e. The predicted octanol–water partition coefficient (Wildman–Crippen LogP) is 3.18. The van der Waals surface area contributed by atoms with Crippen LogP contribution in [0.15, 0.2) is 46.6 Å². The van der Waals surface area contributed by atoms with Crippen molar-refractivity contribution < 1.29 is 0 Å². The van der Waals surface area contributed by atoms with Gasteiger partial charge in [0.15, 0.2) is 0 Å². The predicted molar refractivity (Wildman–Crippen MR) is 86.6 cm³/mol. The average molecular weight is 299 g/mol. The average Bonchev–Trinajstić information content (AvgIpc) is 3.00. The van der Waals surface area contributed by atoms with E-state index in [1.165, 1.54) is 4.88 Å². The Morgan fingerprint density at radius 2 is 2.10 bits per heavy atom. The van der Waals surface area contributed by atoms with Gasteiger partial charge in [-0.2, -0.15) is 0 Å². The number of hydrogen-bond acceptors (Lipinski definition) is 4. The SMILES string of the molecule is C[C@H](c1cccs1)N(C)Cc1nc2ccccc2c(=O)[nH]1. The van der Waals surface area contributed by atoms with Crippen LogP contribution in [0.25, 0.3) is 10.9 Å². The van der Waals surface area contributed by atoms with E-state index in [1.807, 2.05) is 25.2 Å². The lowest BCUT2D eigenvalue weighted by Gasteiger charge is -2.23. The van der Waals surface area contributed by atoms with E-state index < -0.39 is 0 Å². The molecule has 3 aromatic rings. The summed E-state index contributed by atoms with van der Waals surface area (Å²) in [4.78, 5) is 23.0. The third-order valence-corrected chi connectivity index (χ3v) is 4.72. The summed E-state index contributed by atoms with van der Waals surface area (Å²) in [6, 6.07) is 11.9. The zero-order valence-electron chi connectivity index (χ0n) is 12.0. The summed E-state index contributed by atoms with van der Waals surface area (Å²) in [5.74, 6) is 0.699. The Bertz CT molecular complexity index is 795. The van der Waals surface area contributed by atoms with E-state index in [0.717, 1.165) is 5.52 Å². The summed E-state index contributed by atoms with van der Waals surface area (Å²) in [6.07, 6.45) is 0. The van der Waals surface area contributed by atoms with E-state index >= 15 is 0 Å². The van der Waals surface area contributed by atoms with Gasteiger partial charge >= 0.3 is 0 Å². The monoisotopic (exact) mass is 299 g/mol. The van der Waals surface area contributed by atoms with E-state index in [1.54, 1.807) is 17.4 Å². The number of thiophene rings is 1. The number of nitrogens with one attached hydrogen (secondary N) is 1. The maximum absolute atomic E-state index is 12.1. The number of benzene rings is 1. The second-order valence-electron chi connectivity index (χ2n) is 5.14. The molecule has 0 bridgehead atoms. The van der Waals surface area contributed by atoms with Crippen molar-refractivity contribution in [1.82, 2.24) is 14.9 Å². The van der Waals surface area contributed by atoms with Gasteiger partial charge in [0, 0.05) is 10.9 Å². The molecular formula is C16H17N3OS. The van der Waals surface area contributed by atoms with Crippen molar-refractivity contribution in [2.45, 2.75) is 19.5 Å². The summed E-state index contributed by atoms with van der Waals surface area (Å²) in [5.41, 5.74) is 0.668. The number of nitrogens with zero attached hydrogens (tertiary/aromatic N) is 2. The number of aromatic nitrogens is 2. The Hall–Kier alpha value is -1.98. The van der Waals surface area contributed by atoms with Crippen LogP contribution in [-0.4, -0.2) is 21.9 Å². The summed E-state index contributed by atoms with van der Waals surface area (Å²) in [5, 5.41) is 2.71. The molecule has 4 nitrogen and oxygen atoms in total. The van der Waals surface area contributed by atoms with Gasteiger partial charge < -0.3 is 4.98 Å². The summed E-state index contributed by atoms with van der Waals surface area (Å²) < 4.78 is 0. The number of aromatic amines is 1. The molecule has 0 spiro atoms. The van der Waals surface area contributed by atoms with Gasteiger partial charge in [0.25, 0.3) is 5.56 Å². The molecule has 0 unspecified atom stereocenters. The Kier molecular flexibility index (Phi) is 3.86. The molecule has 1 N–H and O–H groups in total. The molecule has 0 aliphatic heterocycles. The molecular weight excluding hydrogens is 282 g/mol. The Labute approximate surface area is 127 Å². The van der Waals surface area contributed by atoms with Crippen molar-refractivity contribution in [2.75, 3.05) is 7.05 Å². The number of hydrogen-bond donors (Lipinski definition) is 1. The third-order valence-electron chi connectivity index (χ3n) is 3.68. The highest BCUT2D eigenvalue weighted by molar-refractivity contribution is 7.10. The van der Waals surface area contributed by atoms with Crippen LogP contribution in [0.4, 0.5) is 0 Å². The first-order chi connectivity index (χ1) is 10.1. The second-order valence-corrected chi connectivity index (χ2v) is 6.12. The zero-order chi connectivity index (χ0) is 14.8. The van der Waals surface area contributed by atoms with Crippen molar-refractivity contribution in [2.24, 2.45) is 0 Å². The molecule has 0 amide bonds. The summed E-state index contributed by atoms with van der Waals surface area (Å²) in [6.45, 7) is 2.77. The highest BCUT2D eigenvalue weighted by Gasteiger charge is 2.14. The topological polar surface area (TPSA) is 49.0 Å². The fourth-order valence-electron chi connectivity index (χ4n) is 2.33. The van der Waals surface area contributed by atoms with E-state index in [2.05, 4.69) is 39.3 Å². The lowest BCUT2D eigenvalue weighted by atomic mass is 10.2.